The Bertz CT molecular complexity index is 1380. The molecule has 7 nitrogen and oxygen atoms in total. The Morgan fingerprint density at radius 2 is 1.97 bits per heavy atom. The Hall–Kier alpha value is -3.63. The van der Waals surface area contributed by atoms with E-state index in [9.17, 15) is 13.2 Å². The Kier molecular flexibility index (Phi) is 5.86. The molecule has 1 aliphatic rings. The van der Waals surface area contributed by atoms with Crippen molar-refractivity contribution >= 4 is 12.7 Å². The summed E-state index contributed by atoms with van der Waals surface area (Å²) in [6.45, 7) is 4.28. The smallest absolute Gasteiger partial charge is 0.416 e. The zero-order valence-electron chi connectivity index (χ0n) is 19.5. The summed E-state index contributed by atoms with van der Waals surface area (Å²) in [6, 6.07) is 7.87. The van der Waals surface area contributed by atoms with E-state index < -0.39 is 17.7 Å². The van der Waals surface area contributed by atoms with Crippen molar-refractivity contribution in [2.75, 3.05) is 7.11 Å². The fourth-order valence-corrected chi connectivity index (χ4v) is 4.52. The molecule has 4 heterocycles. The van der Waals surface area contributed by atoms with Gasteiger partial charge in [0.2, 0.25) is 5.88 Å². The van der Waals surface area contributed by atoms with Crippen LogP contribution in [0.3, 0.4) is 0 Å². The average molecular weight is 479 g/mol. The van der Waals surface area contributed by atoms with E-state index in [4.69, 9.17) is 4.74 Å². The minimum Gasteiger partial charge on any atom is -0.479 e. The summed E-state index contributed by atoms with van der Waals surface area (Å²) >= 11 is 0. The predicted molar refractivity (Wildman–Crippen MR) is 125 cm³/mol. The van der Waals surface area contributed by atoms with E-state index in [0.29, 0.717) is 48.3 Å². The van der Waals surface area contributed by atoms with Crippen LogP contribution >= 0.6 is 0 Å². The highest BCUT2D eigenvalue weighted by Gasteiger charge is 2.38. The van der Waals surface area contributed by atoms with E-state index in [-0.39, 0.29) is 5.56 Å². The van der Waals surface area contributed by atoms with Gasteiger partial charge >= 0.3 is 6.18 Å². The number of alkyl halides is 3. The highest BCUT2D eigenvalue weighted by Crippen LogP contribution is 2.40. The van der Waals surface area contributed by atoms with Crippen LogP contribution in [0.1, 0.15) is 41.4 Å². The van der Waals surface area contributed by atoms with E-state index >= 15 is 0 Å². The Morgan fingerprint density at radius 1 is 1.14 bits per heavy atom. The lowest BCUT2D eigenvalue weighted by Crippen LogP contribution is -2.23. The number of nitrogens with zero attached hydrogens (tertiary/aromatic N) is 6. The van der Waals surface area contributed by atoms with Crippen molar-refractivity contribution in [1.29, 1.82) is 0 Å². The first kappa shape index (κ1) is 23.1. The van der Waals surface area contributed by atoms with Crippen LogP contribution in [0.25, 0.3) is 17.2 Å². The van der Waals surface area contributed by atoms with Gasteiger partial charge in [0.15, 0.2) is 5.82 Å². The minimum absolute atomic E-state index is 0.226. The van der Waals surface area contributed by atoms with Crippen LogP contribution in [0.5, 0.6) is 5.88 Å². The third kappa shape index (κ3) is 4.30. The average Bonchev–Trinajstić information content (AvgIpc) is 3.48. The van der Waals surface area contributed by atoms with Crippen molar-refractivity contribution < 1.29 is 17.9 Å². The molecule has 1 radical (unpaired) electrons. The lowest BCUT2D eigenvalue weighted by molar-refractivity contribution is -0.138. The summed E-state index contributed by atoms with van der Waals surface area (Å²) in [4.78, 5) is 13.5. The number of halogens is 3. The van der Waals surface area contributed by atoms with Gasteiger partial charge in [-0.1, -0.05) is 30.5 Å². The molecule has 4 aromatic rings. The molecular weight excluding hydrogens is 456 g/mol. The molecule has 0 fully saturated rings. The second-order valence-electron chi connectivity index (χ2n) is 8.49. The van der Waals surface area contributed by atoms with Gasteiger partial charge in [0.1, 0.15) is 24.5 Å². The van der Waals surface area contributed by atoms with Crippen LogP contribution in [0, 0.1) is 6.92 Å². The monoisotopic (exact) mass is 479 g/mol. The number of hydrogen-bond donors (Lipinski definition) is 0. The van der Waals surface area contributed by atoms with Gasteiger partial charge in [-0.15, -0.1) is 5.10 Å². The number of fused-ring (bicyclic) bond motifs is 1. The number of aromatic nitrogens is 6. The van der Waals surface area contributed by atoms with Crippen LogP contribution in [0.2, 0.25) is 6.82 Å². The van der Waals surface area contributed by atoms with Gasteiger partial charge in [-0.3, -0.25) is 0 Å². The molecule has 1 aliphatic heterocycles. The zero-order chi connectivity index (χ0) is 24.7. The van der Waals surface area contributed by atoms with E-state index in [0.717, 1.165) is 17.2 Å². The summed E-state index contributed by atoms with van der Waals surface area (Å²) in [5.41, 5.74) is 2.38. The van der Waals surface area contributed by atoms with Gasteiger partial charge < -0.3 is 9.30 Å². The molecule has 0 saturated heterocycles. The molecule has 1 aromatic carbocycles. The van der Waals surface area contributed by atoms with Gasteiger partial charge in [0.25, 0.3) is 0 Å². The van der Waals surface area contributed by atoms with Crippen LogP contribution in [0.15, 0.2) is 42.9 Å². The maximum atomic E-state index is 13.9. The summed E-state index contributed by atoms with van der Waals surface area (Å²) in [7, 11) is 3.32. The summed E-state index contributed by atoms with van der Waals surface area (Å²) in [5, 5.41) is 4.59. The van der Waals surface area contributed by atoms with Crippen molar-refractivity contribution in [2.24, 2.45) is 0 Å². The number of benzene rings is 1. The highest BCUT2D eigenvalue weighted by molar-refractivity contribution is 6.51. The maximum Gasteiger partial charge on any atom is 0.416 e. The van der Waals surface area contributed by atoms with Crippen molar-refractivity contribution in [3.05, 3.63) is 65.5 Å². The maximum absolute atomic E-state index is 13.9. The van der Waals surface area contributed by atoms with Crippen LogP contribution in [0.4, 0.5) is 13.2 Å². The number of rotatable bonds is 5. The SMILES string of the molecule is C[B]c1ccc(C(F)(F)F)c([C@@H]2CCCn3nc(-c4ccc(-n5cnc(C)c5)c(OC)n4)nc32)c1. The largest absolute Gasteiger partial charge is 0.479 e. The Labute approximate surface area is 201 Å². The molecule has 0 aliphatic carbocycles. The summed E-state index contributed by atoms with van der Waals surface area (Å²) in [5.74, 6) is 0.719. The number of pyridine rings is 1. The van der Waals surface area contributed by atoms with Gasteiger partial charge in [-0.2, -0.15) is 13.2 Å². The molecule has 0 unspecified atom stereocenters. The molecule has 0 spiro atoms. The number of hydrogen-bond acceptors (Lipinski definition) is 5. The first-order valence-electron chi connectivity index (χ1n) is 11.3. The quantitative estimate of drug-likeness (QED) is 0.402. The van der Waals surface area contributed by atoms with Gasteiger partial charge in [-0.25, -0.2) is 19.6 Å². The van der Waals surface area contributed by atoms with E-state index in [2.05, 4.69) is 20.1 Å². The fraction of sp³-hybridized carbons (Fsp3) is 0.333. The van der Waals surface area contributed by atoms with E-state index in [1.807, 2.05) is 30.6 Å². The van der Waals surface area contributed by atoms with Crippen LogP contribution in [-0.2, 0) is 12.7 Å². The molecule has 0 N–H and O–H groups in total. The molecule has 35 heavy (non-hydrogen) atoms. The topological polar surface area (TPSA) is 70.7 Å². The minimum atomic E-state index is -4.46. The standard InChI is InChI=1S/C24H23BF3N6O/c1-14-12-33(13-29-14)20-9-8-19(30-23(20)35-3)21-31-22-16(5-4-10-34(22)32-21)17-11-15(25-2)6-7-18(17)24(26,27)28/h6-9,11-13,16H,4-5,10H2,1-3H3/t16-/m0/s1. The van der Waals surface area contributed by atoms with Crippen molar-refractivity contribution in [2.45, 2.75) is 45.2 Å². The Balaban J connectivity index is 1.56. The molecule has 0 saturated carbocycles. The van der Waals surface area contributed by atoms with E-state index in [1.165, 1.54) is 13.2 Å². The predicted octanol–water partition coefficient (Wildman–Crippen LogP) is 4.16. The molecular formula is C24H23BF3N6O. The van der Waals surface area contributed by atoms with Crippen LogP contribution < -0.4 is 10.2 Å². The molecule has 0 amide bonds. The van der Waals surface area contributed by atoms with Gasteiger partial charge in [0.05, 0.1) is 24.7 Å². The summed E-state index contributed by atoms with van der Waals surface area (Å²) in [6.07, 6.45) is 0.338. The highest BCUT2D eigenvalue weighted by atomic mass is 19.4. The number of aryl methyl sites for hydroxylation is 2. The second-order valence-corrected chi connectivity index (χ2v) is 8.49. The third-order valence-corrected chi connectivity index (χ3v) is 6.22. The second kappa shape index (κ2) is 8.86. The third-order valence-electron chi connectivity index (χ3n) is 6.22. The van der Waals surface area contributed by atoms with Crippen molar-refractivity contribution in [1.82, 2.24) is 29.3 Å². The van der Waals surface area contributed by atoms with Gasteiger partial charge in [0, 0.05) is 18.7 Å². The molecule has 179 valence electrons. The van der Waals surface area contributed by atoms with Gasteiger partial charge in [-0.05, 0) is 37.5 Å². The molecule has 5 rings (SSSR count). The molecule has 0 bridgehead atoms. The zero-order valence-corrected chi connectivity index (χ0v) is 19.5. The lowest BCUT2D eigenvalue weighted by Gasteiger charge is -2.25. The first-order valence-corrected chi connectivity index (χ1v) is 11.3. The Morgan fingerprint density at radius 3 is 2.66 bits per heavy atom. The molecule has 11 heteroatoms. The first-order chi connectivity index (χ1) is 16.8. The van der Waals surface area contributed by atoms with Crippen molar-refractivity contribution in [3.63, 3.8) is 0 Å². The lowest BCUT2D eigenvalue weighted by atomic mass is 9.71. The molecule has 3 aromatic heterocycles. The normalized spacial score (nSPS) is 15.7. The number of imidazole rings is 1. The number of methoxy groups -OCH3 is 1. The fourth-order valence-electron chi connectivity index (χ4n) is 4.52. The summed E-state index contributed by atoms with van der Waals surface area (Å²) < 4.78 is 50.6. The number of ether oxygens (including phenoxy) is 1. The molecule has 1 atom stereocenters. The van der Waals surface area contributed by atoms with E-state index in [1.54, 1.807) is 30.4 Å². The van der Waals surface area contributed by atoms with Crippen LogP contribution in [-0.4, -0.2) is 43.7 Å². The van der Waals surface area contributed by atoms with Crippen molar-refractivity contribution in [3.8, 4) is 23.1 Å².